The molecule has 0 saturated heterocycles. The third kappa shape index (κ3) is 2.68. The molecule has 94 valence electrons. The Bertz CT molecular complexity index is 400. The molecule has 1 unspecified atom stereocenters. The molecule has 0 spiro atoms. The second-order valence-electron chi connectivity index (χ2n) is 5.19. The Kier molecular flexibility index (Phi) is 3.44. The Hall–Kier alpha value is -0.0900. The van der Waals surface area contributed by atoms with E-state index in [2.05, 4.69) is 23.3 Å². The highest BCUT2D eigenvalue weighted by Crippen LogP contribution is 2.39. The predicted molar refractivity (Wildman–Crippen MR) is 74.0 cm³/mol. The predicted octanol–water partition coefficient (Wildman–Crippen LogP) is 3.07. The Morgan fingerprint density at radius 2 is 2.29 bits per heavy atom. The molecule has 1 N–H and O–H groups in total. The molecule has 0 radical (unpaired) electrons. The maximum atomic E-state index is 6.06. The number of nitrogens with zero attached hydrogens (tertiary/aromatic N) is 1. The lowest BCUT2D eigenvalue weighted by Crippen LogP contribution is -2.32. The molecule has 1 aromatic rings. The molecule has 4 heteroatoms. The van der Waals surface area contributed by atoms with Crippen molar-refractivity contribution in [2.24, 2.45) is 0 Å². The highest BCUT2D eigenvalue weighted by atomic mass is 35.5. The molecule has 1 fully saturated rings. The number of nitrogens with one attached hydrogen (secondary N) is 1. The van der Waals surface area contributed by atoms with Gasteiger partial charge in [-0.2, -0.15) is 0 Å². The van der Waals surface area contributed by atoms with E-state index in [1.165, 1.54) is 36.1 Å². The lowest BCUT2D eigenvalue weighted by atomic mass is 10.2. The average Bonchev–Trinajstić information content (AvgIpc) is 2.99. The first-order valence-electron chi connectivity index (χ1n) is 6.46. The van der Waals surface area contributed by atoms with Gasteiger partial charge in [0.2, 0.25) is 0 Å². The Morgan fingerprint density at radius 3 is 3.06 bits per heavy atom. The first-order chi connectivity index (χ1) is 8.24. The van der Waals surface area contributed by atoms with Crippen LogP contribution in [0.2, 0.25) is 4.34 Å². The largest absolute Gasteiger partial charge is 0.309 e. The van der Waals surface area contributed by atoms with Crippen LogP contribution in [-0.4, -0.2) is 31.1 Å². The lowest BCUT2D eigenvalue weighted by molar-refractivity contribution is 0.314. The molecule has 0 aromatic carbocycles. The molecule has 1 heterocycles. The van der Waals surface area contributed by atoms with Crippen molar-refractivity contribution in [3.63, 3.8) is 0 Å². The van der Waals surface area contributed by atoms with E-state index in [4.69, 9.17) is 11.6 Å². The van der Waals surface area contributed by atoms with E-state index in [0.29, 0.717) is 6.04 Å². The summed E-state index contributed by atoms with van der Waals surface area (Å²) >= 11 is 7.81. The van der Waals surface area contributed by atoms with Crippen LogP contribution in [0.4, 0.5) is 0 Å². The second kappa shape index (κ2) is 4.88. The van der Waals surface area contributed by atoms with Crippen LogP contribution in [-0.2, 0) is 6.42 Å². The van der Waals surface area contributed by atoms with Crippen LogP contribution >= 0.6 is 22.9 Å². The summed E-state index contributed by atoms with van der Waals surface area (Å²) in [6.07, 6.45) is 5.22. The van der Waals surface area contributed by atoms with Gasteiger partial charge in [0.15, 0.2) is 0 Å². The molecule has 17 heavy (non-hydrogen) atoms. The number of fused-ring (bicyclic) bond motifs is 1. The van der Waals surface area contributed by atoms with Gasteiger partial charge in [0.1, 0.15) is 0 Å². The van der Waals surface area contributed by atoms with Gasteiger partial charge in [-0.3, -0.25) is 0 Å². The highest BCUT2D eigenvalue weighted by molar-refractivity contribution is 7.16. The maximum absolute atomic E-state index is 6.06. The van der Waals surface area contributed by atoms with Crippen molar-refractivity contribution < 1.29 is 0 Å². The van der Waals surface area contributed by atoms with Gasteiger partial charge in [-0.15, -0.1) is 11.3 Å². The summed E-state index contributed by atoms with van der Waals surface area (Å²) in [5.41, 5.74) is 1.45. The molecule has 0 aliphatic heterocycles. The molecule has 2 nitrogen and oxygen atoms in total. The van der Waals surface area contributed by atoms with Gasteiger partial charge in [-0.25, -0.2) is 0 Å². The summed E-state index contributed by atoms with van der Waals surface area (Å²) in [6.45, 7) is 2.25. The third-order valence-electron chi connectivity index (χ3n) is 3.87. The first kappa shape index (κ1) is 12.0. The SMILES string of the molecule is CN(CCNC1CCc2sc(Cl)cc21)C1CC1. The number of hydrogen-bond acceptors (Lipinski definition) is 3. The first-order valence-corrected chi connectivity index (χ1v) is 7.65. The minimum atomic E-state index is 0.543. The normalized spacial score (nSPS) is 23.4. The third-order valence-corrected chi connectivity index (χ3v) is 5.21. The second-order valence-corrected chi connectivity index (χ2v) is 6.95. The number of aryl methyl sites for hydroxylation is 1. The fraction of sp³-hybridized carbons (Fsp3) is 0.692. The van der Waals surface area contributed by atoms with E-state index in [9.17, 15) is 0 Å². The van der Waals surface area contributed by atoms with Crippen molar-refractivity contribution in [3.8, 4) is 0 Å². The van der Waals surface area contributed by atoms with Crippen molar-refractivity contribution >= 4 is 22.9 Å². The summed E-state index contributed by atoms with van der Waals surface area (Å²) in [5, 5.41) is 3.67. The monoisotopic (exact) mass is 270 g/mol. The number of likely N-dealkylation sites (N-methyl/N-ethyl adjacent to an activating group) is 1. The lowest BCUT2D eigenvalue weighted by Gasteiger charge is -2.18. The van der Waals surface area contributed by atoms with E-state index in [0.717, 1.165) is 23.5 Å². The van der Waals surface area contributed by atoms with Gasteiger partial charge < -0.3 is 10.2 Å². The van der Waals surface area contributed by atoms with Crippen molar-refractivity contribution in [2.45, 2.75) is 37.8 Å². The van der Waals surface area contributed by atoms with Gasteiger partial charge in [-0.05, 0) is 44.4 Å². The topological polar surface area (TPSA) is 15.3 Å². The summed E-state index contributed by atoms with van der Waals surface area (Å²) in [5.74, 6) is 0. The molecular formula is C13H19ClN2S. The van der Waals surface area contributed by atoms with E-state index in [1.807, 2.05) is 0 Å². The molecule has 1 atom stereocenters. The summed E-state index contributed by atoms with van der Waals surface area (Å²) in [7, 11) is 2.24. The van der Waals surface area contributed by atoms with Crippen LogP contribution in [0.3, 0.4) is 0 Å². The number of halogens is 1. The summed E-state index contributed by atoms with van der Waals surface area (Å²) in [6, 6.07) is 3.56. The fourth-order valence-electron chi connectivity index (χ4n) is 2.66. The van der Waals surface area contributed by atoms with Crippen LogP contribution in [0.15, 0.2) is 6.07 Å². The van der Waals surface area contributed by atoms with E-state index < -0.39 is 0 Å². The zero-order valence-electron chi connectivity index (χ0n) is 10.2. The minimum absolute atomic E-state index is 0.543. The highest BCUT2D eigenvalue weighted by Gasteiger charge is 2.27. The minimum Gasteiger partial charge on any atom is -0.309 e. The number of rotatable bonds is 5. The molecule has 0 bridgehead atoms. The quantitative estimate of drug-likeness (QED) is 0.885. The van der Waals surface area contributed by atoms with E-state index in [1.54, 1.807) is 11.3 Å². The Morgan fingerprint density at radius 1 is 1.47 bits per heavy atom. The molecule has 1 saturated carbocycles. The van der Waals surface area contributed by atoms with Crippen LogP contribution in [0.5, 0.6) is 0 Å². The van der Waals surface area contributed by atoms with Gasteiger partial charge in [0, 0.05) is 30.1 Å². The number of thiophene rings is 1. The smallest absolute Gasteiger partial charge is 0.0934 e. The molecule has 2 aliphatic carbocycles. The molecular weight excluding hydrogens is 252 g/mol. The zero-order chi connectivity index (χ0) is 11.8. The van der Waals surface area contributed by atoms with Crippen molar-refractivity contribution in [1.82, 2.24) is 10.2 Å². The van der Waals surface area contributed by atoms with Crippen molar-refractivity contribution in [3.05, 3.63) is 20.8 Å². The van der Waals surface area contributed by atoms with Crippen LogP contribution < -0.4 is 5.32 Å². The molecule has 1 aromatic heterocycles. The van der Waals surface area contributed by atoms with Gasteiger partial charge in [0.25, 0.3) is 0 Å². The van der Waals surface area contributed by atoms with Crippen molar-refractivity contribution in [2.75, 3.05) is 20.1 Å². The average molecular weight is 271 g/mol. The number of hydrogen-bond donors (Lipinski definition) is 1. The van der Waals surface area contributed by atoms with Gasteiger partial charge in [0.05, 0.1) is 4.34 Å². The maximum Gasteiger partial charge on any atom is 0.0934 e. The summed E-state index contributed by atoms with van der Waals surface area (Å²) < 4.78 is 0.941. The van der Waals surface area contributed by atoms with Crippen LogP contribution in [0.1, 0.15) is 35.7 Å². The van der Waals surface area contributed by atoms with E-state index >= 15 is 0 Å². The Balaban J connectivity index is 1.49. The van der Waals surface area contributed by atoms with Gasteiger partial charge in [-0.1, -0.05) is 11.6 Å². The van der Waals surface area contributed by atoms with E-state index in [-0.39, 0.29) is 0 Å². The van der Waals surface area contributed by atoms with Crippen LogP contribution in [0, 0.1) is 0 Å². The van der Waals surface area contributed by atoms with Crippen LogP contribution in [0.25, 0.3) is 0 Å². The zero-order valence-corrected chi connectivity index (χ0v) is 11.8. The molecule has 3 rings (SSSR count). The fourth-order valence-corrected chi connectivity index (χ4v) is 4.01. The summed E-state index contributed by atoms with van der Waals surface area (Å²) in [4.78, 5) is 3.96. The Labute approximate surface area is 112 Å². The van der Waals surface area contributed by atoms with Gasteiger partial charge >= 0.3 is 0 Å². The molecule has 2 aliphatic rings. The molecule has 0 amide bonds. The van der Waals surface area contributed by atoms with Crippen molar-refractivity contribution in [1.29, 1.82) is 0 Å². The standard InChI is InChI=1S/C13H19ClN2S/c1-16(9-2-3-9)7-6-15-11-4-5-12-10(11)8-13(14)17-12/h8-9,11,15H,2-7H2,1H3.